The van der Waals surface area contributed by atoms with Gasteiger partial charge in [0.1, 0.15) is 0 Å². The molecule has 8 aromatic rings. The van der Waals surface area contributed by atoms with Crippen molar-refractivity contribution in [3.63, 3.8) is 0 Å². The number of benzene rings is 7. The summed E-state index contributed by atoms with van der Waals surface area (Å²) in [5, 5.41) is 3.30. The van der Waals surface area contributed by atoms with Crippen molar-refractivity contribution in [2.75, 3.05) is 0 Å². The molecular formula is C42H28NOP. The van der Waals surface area contributed by atoms with Crippen molar-refractivity contribution in [3.8, 4) is 50.2 Å². The van der Waals surface area contributed by atoms with Crippen LogP contribution >= 0.6 is 8.46 Å². The van der Waals surface area contributed by atoms with E-state index in [0.717, 1.165) is 49.9 Å². The second kappa shape index (κ2) is 11.5. The summed E-state index contributed by atoms with van der Waals surface area (Å²) in [5.41, 5.74) is 12.4. The lowest BCUT2D eigenvalue weighted by molar-refractivity contribution is 0.603. The quantitative estimate of drug-likeness (QED) is 0.176. The molecule has 3 heteroatoms. The van der Waals surface area contributed by atoms with Crippen molar-refractivity contribution in [3.05, 3.63) is 170 Å². The maximum absolute atomic E-state index is 12.3. The summed E-state index contributed by atoms with van der Waals surface area (Å²) < 4.78 is 14.7. The smallest absolute Gasteiger partial charge is 0.192 e. The minimum absolute atomic E-state index is 0.00421. The van der Waals surface area contributed by atoms with E-state index in [1.54, 1.807) is 0 Å². The fourth-order valence-corrected chi connectivity index (χ4v) is 7.06. The van der Waals surface area contributed by atoms with Crippen LogP contribution in [-0.4, -0.2) is 4.57 Å². The van der Waals surface area contributed by atoms with Gasteiger partial charge in [-0.05, 0) is 74.8 Å². The SMILES string of the molecule is O=Pc1cc(-c2ccccc2-c2ccccc2-c2ccc(-n3c4ccccc4c4ccccc43)cc2)ccc1-c1ccccc1. The lowest BCUT2D eigenvalue weighted by Crippen LogP contribution is -1.99. The first kappa shape index (κ1) is 27.0. The van der Waals surface area contributed by atoms with Gasteiger partial charge in [-0.2, -0.15) is 0 Å². The molecular weight excluding hydrogens is 565 g/mol. The number of hydrogen-bond acceptors (Lipinski definition) is 1. The van der Waals surface area contributed by atoms with Crippen LogP contribution in [-0.2, 0) is 4.57 Å². The first-order valence-electron chi connectivity index (χ1n) is 15.1. The van der Waals surface area contributed by atoms with Gasteiger partial charge in [0, 0.05) is 16.5 Å². The summed E-state index contributed by atoms with van der Waals surface area (Å²) in [4.78, 5) is 0. The molecule has 7 aromatic carbocycles. The van der Waals surface area contributed by atoms with Gasteiger partial charge in [-0.3, -0.25) is 4.57 Å². The number of nitrogens with zero attached hydrogens (tertiary/aromatic N) is 1. The third-order valence-corrected chi connectivity index (χ3v) is 9.22. The number of fused-ring (bicyclic) bond motifs is 3. The maximum atomic E-state index is 12.3. The second-order valence-electron chi connectivity index (χ2n) is 11.2. The maximum Gasteiger partial charge on any atom is 0.192 e. The Morgan fingerprint density at radius 3 is 1.44 bits per heavy atom. The highest BCUT2D eigenvalue weighted by atomic mass is 31.1. The molecule has 0 aliphatic carbocycles. The van der Waals surface area contributed by atoms with Crippen molar-refractivity contribution in [1.29, 1.82) is 0 Å². The second-order valence-corrected chi connectivity index (χ2v) is 11.9. The van der Waals surface area contributed by atoms with Gasteiger partial charge in [0.05, 0.1) is 16.3 Å². The fraction of sp³-hybridized carbons (Fsp3) is 0. The summed E-state index contributed by atoms with van der Waals surface area (Å²) in [7, 11) is 0.00421. The molecule has 0 saturated heterocycles. The highest BCUT2D eigenvalue weighted by molar-refractivity contribution is 7.34. The van der Waals surface area contributed by atoms with E-state index in [0.29, 0.717) is 0 Å². The van der Waals surface area contributed by atoms with E-state index < -0.39 is 0 Å². The highest BCUT2D eigenvalue weighted by Gasteiger charge is 2.16. The van der Waals surface area contributed by atoms with Gasteiger partial charge >= 0.3 is 0 Å². The fourth-order valence-electron chi connectivity index (χ4n) is 6.57. The lowest BCUT2D eigenvalue weighted by Gasteiger charge is -2.16. The summed E-state index contributed by atoms with van der Waals surface area (Å²) in [5.74, 6) is 0. The Morgan fingerprint density at radius 2 is 0.844 bits per heavy atom. The highest BCUT2D eigenvalue weighted by Crippen LogP contribution is 2.39. The van der Waals surface area contributed by atoms with Crippen LogP contribution in [0.25, 0.3) is 72.0 Å². The van der Waals surface area contributed by atoms with Crippen LogP contribution in [0.3, 0.4) is 0 Å². The average molecular weight is 594 g/mol. The Labute approximate surface area is 264 Å². The molecule has 0 saturated carbocycles. The predicted molar refractivity (Wildman–Crippen MR) is 190 cm³/mol. The van der Waals surface area contributed by atoms with Crippen LogP contribution in [0, 0.1) is 0 Å². The largest absolute Gasteiger partial charge is 0.309 e. The zero-order chi connectivity index (χ0) is 30.2. The minimum Gasteiger partial charge on any atom is -0.309 e. The van der Waals surface area contributed by atoms with Crippen LogP contribution in [0.15, 0.2) is 170 Å². The summed E-state index contributed by atoms with van der Waals surface area (Å²) in [6.07, 6.45) is 0. The zero-order valence-corrected chi connectivity index (χ0v) is 25.4. The molecule has 0 aliphatic rings. The third kappa shape index (κ3) is 4.77. The van der Waals surface area contributed by atoms with E-state index >= 15 is 0 Å². The Kier molecular flexibility index (Phi) is 6.91. The van der Waals surface area contributed by atoms with Gasteiger partial charge < -0.3 is 4.57 Å². The van der Waals surface area contributed by atoms with Crippen LogP contribution < -0.4 is 5.30 Å². The molecule has 212 valence electrons. The van der Waals surface area contributed by atoms with Gasteiger partial charge in [0.2, 0.25) is 0 Å². The summed E-state index contributed by atoms with van der Waals surface area (Å²) in [6, 6.07) is 59.6. The monoisotopic (exact) mass is 593 g/mol. The molecule has 0 amide bonds. The molecule has 45 heavy (non-hydrogen) atoms. The molecule has 0 N–H and O–H groups in total. The van der Waals surface area contributed by atoms with Crippen molar-refractivity contribution in [2.24, 2.45) is 0 Å². The van der Waals surface area contributed by atoms with E-state index in [1.807, 2.05) is 18.2 Å². The molecule has 0 spiro atoms. The Hall–Kier alpha value is -5.56. The molecule has 8 rings (SSSR count). The van der Waals surface area contributed by atoms with E-state index in [2.05, 4.69) is 156 Å². The van der Waals surface area contributed by atoms with Gasteiger partial charge in [-0.25, -0.2) is 0 Å². The Bertz CT molecular complexity index is 2280. The molecule has 0 radical (unpaired) electrons. The topological polar surface area (TPSA) is 22.0 Å². The molecule has 0 fully saturated rings. The predicted octanol–water partition coefficient (Wildman–Crippen LogP) is 11.4. The number of aromatic nitrogens is 1. The molecule has 1 heterocycles. The average Bonchev–Trinajstić information content (AvgIpc) is 3.46. The van der Waals surface area contributed by atoms with Gasteiger partial charge in [0.25, 0.3) is 0 Å². The first-order valence-corrected chi connectivity index (χ1v) is 15.9. The van der Waals surface area contributed by atoms with E-state index in [1.165, 1.54) is 27.4 Å². The van der Waals surface area contributed by atoms with Crippen LogP contribution in [0.5, 0.6) is 0 Å². The van der Waals surface area contributed by atoms with Gasteiger partial charge in [-0.15, -0.1) is 0 Å². The van der Waals surface area contributed by atoms with Crippen LogP contribution in [0.1, 0.15) is 0 Å². The van der Waals surface area contributed by atoms with E-state index in [4.69, 9.17) is 0 Å². The molecule has 0 bridgehead atoms. The molecule has 0 unspecified atom stereocenters. The van der Waals surface area contributed by atoms with Crippen LogP contribution in [0.4, 0.5) is 0 Å². The minimum atomic E-state index is 0.00421. The van der Waals surface area contributed by atoms with Crippen molar-refractivity contribution < 1.29 is 4.57 Å². The molecule has 0 aliphatic heterocycles. The molecule has 0 atom stereocenters. The summed E-state index contributed by atoms with van der Waals surface area (Å²) >= 11 is 0. The van der Waals surface area contributed by atoms with Gasteiger partial charge in [0.15, 0.2) is 8.46 Å². The summed E-state index contributed by atoms with van der Waals surface area (Å²) in [6.45, 7) is 0. The van der Waals surface area contributed by atoms with Gasteiger partial charge in [-0.1, -0.05) is 140 Å². The van der Waals surface area contributed by atoms with Crippen molar-refractivity contribution in [1.82, 2.24) is 4.57 Å². The molecule has 2 nitrogen and oxygen atoms in total. The number of rotatable bonds is 6. The van der Waals surface area contributed by atoms with E-state index in [9.17, 15) is 4.57 Å². The first-order chi connectivity index (χ1) is 22.3. The Balaban J connectivity index is 1.21. The zero-order valence-electron chi connectivity index (χ0n) is 24.5. The van der Waals surface area contributed by atoms with Crippen molar-refractivity contribution >= 4 is 35.6 Å². The normalized spacial score (nSPS) is 11.4. The lowest BCUT2D eigenvalue weighted by atomic mass is 9.89. The standard InChI is InChI=1S/C42H28NOP/c44-45-42-28-31(24-27-35(42)29-12-2-1-3-13-29)34-15-5-7-17-37(34)36-16-6-4-14-33(36)30-22-25-32(26-23-30)43-40-20-10-8-18-38(40)39-19-9-11-21-41(39)43/h1-28H. The van der Waals surface area contributed by atoms with Crippen LogP contribution in [0.2, 0.25) is 0 Å². The third-order valence-electron chi connectivity index (χ3n) is 8.65. The number of hydrogen-bond donors (Lipinski definition) is 0. The number of para-hydroxylation sites is 2. The van der Waals surface area contributed by atoms with Crippen molar-refractivity contribution in [2.45, 2.75) is 0 Å². The Morgan fingerprint density at radius 1 is 0.378 bits per heavy atom. The molecule has 1 aromatic heterocycles. The van der Waals surface area contributed by atoms with E-state index in [-0.39, 0.29) is 8.46 Å².